The van der Waals surface area contributed by atoms with Crippen LogP contribution in [0.4, 0.5) is 0 Å². The maximum atomic E-state index is 4.95. The summed E-state index contributed by atoms with van der Waals surface area (Å²) in [7, 11) is 1.68. The first-order valence-corrected chi connectivity index (χ1v) is 3.98. The van der Waals surface area contributed by atoms with E-state index in [2.05, 4.69) is 10.7 Å². The van der Waals surface area contributed by atoms with Crippen LogP contribution in [-0.4, -0.2) is 26.0 Å². The summed E-state index contributed by atoms with van der Waals surface area (Å²) in [5.74, 6) is 0. The minimum absolute atomic E-state index is 0.221. The number of hydrogen-bond acceptors (Lipinski definition) is 2. The first-order valence-electron chi connectivity index (χ1n) is 3.98. The topological polar surface area (TPSA) is 21.6 Å². The molecule has 0 unspecified atom stereocenters. The van der Waals surface area contributed by atoms with Crippen molar-refractivity contribution in [3.8, 4) is 0 Å². The summed E-state index contributed by atoms with van der Waals surface area (Å²) in [6.07, 6.45) is 7.62. The van der Waals surface area contributed by atoms with Crippen LogP contribution in [0.1, 0.15) is 6.92 Å². The number of methoxy groups -OCH3 is 1. The van der Waals surface area contributed by atoms with Crippen molar-refractivity contribution in [3.63, 3.8) is 0 Å². The fraction of sp³-hybridized carbons (Fsp3) is 0.400. The summed E-state index contributed by atoms with van der Waals surface area (Å²) in [6.45, 7) is 2.68. The van der Waals surface area contributed by atoms with Crippen molar-refractivity contribution in [3.05, 3.63) is 29.5 Å². The van der Waals surface area contributed by atoms with Gasteiger partial charge in [0.2, 0.25) is 0 Å². The highest BCUT2D eigenvalue weighted by atomic mass is 16.5. The molecule has 0 N–H and O–H groups in total. The average Bonchev–Trinajstić information content (AvgIpc) is 2.53. The lowest BCUT2D eigenvalue weighted by molar-refractivity contribution is 0.186. The van der Waals surface area contributed by atoms with Crippen LogP contribution in [-0.2, 0) is 4.74 Å². The van der Waals surface area contributed by atoms with Gasteiger partial charge in [-0.3, -0.25) is 4.99 Å². The molecule has 0 heterocycles. The van der Waals surface area contributed by atoms with E-state index < -0.39 is 0 Å². The van der Waals surface area contributed by atoms with Crippen LogP contribution in [0.5, 0.6) is 0 Å². The Labute approximate surface area is 73.0 Å². The molecule has 2 heteroatoms. The van der Waals surface area contributed by atoms with Crippen molar-refractivity contribution >= 4 is 6.21 Å². The molecule has 0 spiro atoms. The summed E-state index contributed by atoms with van der Waals surface area (Å²) in [6, 6.07) is 0.221. The second kappa shape index (κ2) is 4.70. The third-order valence-electron chi connectivity index (χ3n) is 1.50. The molecule has 0 saturated carbocycles. The second-order valence-corrected chi connectivity index (χ2v) is 2.71. The monoisotopic (exact) mass is 163 g/mol. The zero-order chi connectivity index (χ0) is 8.81. The van der Waals surface area contributed by atoms with Crippen LogP contribution >= 0.6 is 0 Å². The van der Waals surface area contributed by atoms with Crippen LogP contribution in [0.15, 0.2) is 34.5 Å². The van der Waals surface area contributed by atoms with Gasteiger partial charge in [-0.2, -0.15) is 0 Å². The Morgan fingerprint density at radius 3 is 3.17 bits per heavy atom. The number of nitrogens with zero attached hydrogens (tertiary/aromatic N) is 1. The van der Waals surface area contributed by atoms with Crippen molar-refractivity contribution in [1.29, 1.82) is 0 Å². The third-order valence-corrected chi connectivity index (χ3v) is 1.50. The van der Waals surface area contributed by atoms with Crippen LogP contribution in [0, 0.1) is 0 Å². The van der Waals surface area contributed by atoms with Gasteiger partial charge in [0.1, 0.15) is 0 Å². The predicted molar refractivity (Wildman–Crippen MR) is 50.6 cm³/mol. The van der Waals surface area contributed by atoms with E-state index in [9.17, 15) is 0 Å². The minimum atomic E-state index is 0.221. The van der Waals surface area contributed by atoms with Gasteiger partial charge in [-0.25, -0.2) is 0 Å². The number of hydrogen-bond donors (Lipinski definition) is 0. The molecule has 1 atom stereocenters. The normalized spacial score (nSPS) is 17.3. The molecule has 0 aromatic carbocycles. The van der Waals surface area contributed by atoms with Crippen LogP contribution < -0.4 is 0 Å². The van der Waals surface area contributed by atoms with E-state index >= 15 is 0 Å². The maximum Gasteiger partial charge on any atom is 0.0705 e. The smallest absolute Gasteiger partial charge is 0.0705 e. The highest BCUT2D eigenvalue weighted by molar-refractivity contribution is 5.83. The van der Waals surface area contributed by atoms with Crippen molar-refractivity contribution in [1.82, 2.24) is 0 Å². The molecular formula is C10H13NO. The van der Waals surface area contributed by atoms with Crippen molar-refractivity contribution in [2.75, 3.05) is 13.7 Å². The zero-order valence-electron chi connectivity index (χ0n) is 7.45. The number of allylic oxidation sites excluding steroid dienone is 3. The Morgan fingerprint density at radius 2 is 2.58 bits per heavy atom. The summed E-state index contributed by atoms with van der Waals surface area (Å²) in [5, 5.41) is 0. The van der Waals surface area contributed by atoms with Gasteiger partial charge in [-0.05, 0) is 19.1 Å². The minimum Gasteiger partial charge on any atom is -0.382 e. The Bertz CT molecular complexity index is 257. The zero-order valence-corrected chi connectivity index (χ0v) is 7.45. The highest BCUT2D eigenvalue weighted by Gasteiger charge is 1.95. The lowest BCUT2D eigenvalue weighted by Crippen LogP contribution is -2.06. The molecule has 2 nitrogen and oxygen atoms in total. The number of aliphatic imine (C=N–C) groups is 1. The van der Waals surface area contributed by atoms with Crippen molar-refractivity contribution in [2.24, 2.45) is 4.99 Å². The van der Waals surface area contributed by atoms with Gasteiger partial charge < -0.3 is 4.74 Å². The Kier molecular flexibility index (Phi) is 3.52. The Balaban J connectivity index is 2.39. The van der Waals surface area contributed by atoms with Crippen LogP contribution in [0.2, 0.25) is 0 Å². The molecule has 1 aliphatic rings. The molecule has 12 heavy (non-hydrogen) atoms. The van der Waals surface area contributed by atoms with Gasteiger partial charge in [0.15, 0.2) is 0 Å². The van der Waals surface area contributed by atoms with Gasteiger partial charge >= 0.3 is 0 Å². The molecule has 1 aliphatic carbocycles. The molecule has 0 radical (unpaired) electrons. The summed E-state index contributed by atoms with van der Waals surface area (Å²) >= 11 is 0. The maximum absolute atomic E-state index is 4.95. The second-order valence-electron chi connectivity index (χ2n) is 2.71. The first kappa shape index (κ1) is 8.98. The van der Waals surface area contributed by atoms with E-state index in [1.54, 1.807) is 7.11 Å². The molecule has 0 aromatic heterocycles. The molecule has 0 bridgehead atoms. The lowest BCUT2D eigenvalue weighted by Gasteiger charge is -2.02. The highest BCUT2D eigenvalue weighted by Crippen LogP contribution is 1.99. The molecule has 0 fully saturated rings. The van der Waals surface area contributed by atoms with Crippen molar-refractivity contribution in [2.45, 2.75) is 13.0 Å². The van der Waals surface area contributed by atoms with Gasteiger partial charge in [0.05, 0.1) is 12.6 Å². The predicted octanol–water partition coefficient (Wildman–Crippen LogP) is 1.74. The lowest BCUT2D eigenvalue weighted by atomic mass is 10.3. The largest absolute Gasteiger partial charge is 0.382 e. The molecule has 64 valence electrons. The fourth-order valence-electron chi connectivity index (χ4n) is 0.916. The first-order chi connectivity index (χ1) is 5.83. The van der Waals surface area contributed by atoms with E-state index in [4.69, 9.17) is 4.74 Å². The standard InChI is InChI=1S/C10H13NO/c1-9(8-12-2)11-7-10-5-3-4-6-10/h3-5,7,9H,8H2,1-2H3/t9-/m0/s1. The molecule has 0 aromatic rings. The average molecular weight is 163 g/mol. The Hall–Kier alpha value is -1.11. The van der Waals surface area contributed by atoms with Crippen molar-refractivity contribution < 1.29 is 4.74 Å². The number of ether oxygens (including phenoxy) is 1. The van der Waals surface area contributed by atoms with Gasteiger partial charge in [0.25, 0.3) is 0 Å². The van der Waals surface area contributed by atoms with E-state index in [1.807, 2.05) is 31.4 Å². The molecular weight excluding hydrogens is 150 g/mol. The van der Waals surface area contributed by atoms with E-state index in [0.29, 0.717) is 6.61 Å². The van der Waals surface area contributed by atoms with Gasteiger partial charge in [-0.15, -0.1) is 5.73 Å². The Morgan fingerprint density at radius 1 is 1.75 bits per heavy atom. The molecule has 0 saturated heterocycles. The third kappa shape index (κ3) is 2.87. The quantitative estimate of drug-likeness (QED) is 0.457. The summed E-state index contributed by atoms with van der Waals surface area (Å²) in [5.41, 5.74) is 4.07. The SMILES string of the molecule is COC[C@H](C)N=CC1=C=CC=C1. The van der Waals surface area contributed by atoms with Crippen LogP contribution in [0.3, 0.4) is 0 Å². The summed E-state index contributed by atoms with van der Waals surface area (Å²) < 4.78 is 4.95. The van der Waals surface area contributed by atoms with Gasteiger partial charge in [-0.1, -0.05) is 6.08 Å². The van der Waals surface area contributed by atoms with E-state index in [0.717, 1.165) is 5.57 Å². The van der Waals surface area contributed by atoms with E-state index in [-0.39, 0.29) is 6.04 Å². The van der Waals surface area contributed by atoms with Gasteiger partial charge in [0, 0.05) is 18.9 Å². The van der Waals surface area contributed by atoms with Crippen LogP contribution in [0.25, 0.3) is 0 Å². The molecule has 0 amide bonds. The fourth-order valence-corrected chi connectivity index (χ4v) is 0.916. The summed E-state index contributed by atoms with van der Waals surface area (Å²) in [4.78, 5) is 4.28. The van der Waals surface area contributed by atoms with E-state index in [1.165, 1.54) is 0 Å². The number of rotatable bonds is 4. The molecule has 1 rings (SSSR count). The molecule has 0 aliphatic heterocycles.